The van der Waals surface area contributed by atoms with Gasteiger partial charge in [-0.25, -0.2) is 14.9 Å². The zero-order valence-corrected chi connectivity index (χ0v) is 14.2. The van der Waals surface area contributed by atoms with Crippen molar-refractivity contribution in [2.75, 3.05) is 5.32 Å². The molecule has 8 heteroatoms. The van der Waals surface area contributed by atoms with Crippen molar-refractivity contribution in [2.45, 2.75) is 18.9 Å². The van der Waals surface area contributed by atoms with E-state index in [0.29, 0.717) is 22.5 Å². The van der Waals surface area contributed by atoms with Crippen molar-refractivity contribution in [2.24, 2.45) is 0 Å². The Morgan fingerprint density at radius 1 is 1.15 bits per heavy atom. The lowest BCUT2D eigenvalue weighted by Gasteiger charge is -2.04. The summed E-state index contributed by atoms with van der Waals surface area (Å²) in [6.07, 6.45) is 1.35. The normalized spacial score (nSPS) is 13.8. The van der Waals surface area contributed by atoms with Crippen molar-refractivity contribution in [3.63, 3.8) is 0 Å². The smallest absolute Gasteiger partial charge is 0.414 e. The molecule has 0 saturated heterocycles. The van der Waals surface area contributed by atoms with Gasteiger partial charge in [0.2, 0.25) is 5.95 Å². The van der Waals surface area contributed by atoms with Gasteiger partial charge < -0.3 is 9.72 Å². The Morgan fingerprint density at radius 2 is 1.96 bits per heavy atom. The Labute approximate surface area is 152 Å². The molecule has 0 aliphatic heterocycles. The molecule has 1 fully saturated rings. The lowest BCUT2D eigenvalue weighted by atomic mass is 10.0. The highest BCUT2D eigenvalue weighted by atomic mass is 16.6. The van der Waals surface area contributed by atoms with Gasteiger partial charge in [-0.05, 0) is 31.0 Å². The summed E-state index contributed by atoms with van der Waals surface area (Å²) >= 11 is 0. The van der Waals surface area contributed by atoms with Crippen molar-refractivity contribution in [3.8, 4) is 11.3 Å². The van der Waals surface area contributed by atoms with Crippen LogP contribution < -0.4 is 10.9 Å². The molecular weight excluding hydrogens is 346 g/mol. The number of hydrogen-bond donors (Lipinski definition) is 3. The number of carbonyl (C=O) groups is 1. The number of imidazole rings is 1. The van der Waals surface area contributed by atoms with Crippen molar-refractivity contribution in [1.29, 1.82) is 0 Å². The minimum absolute atomic E-state index is 0.0283. The highest BCUT2D eigenvalue weighted by Gasteiger charge is 2.26. The third-order valence-corrected chi connectivity index (χ3v) is 4.47. The second-order valence-electron chi connectivity index (χ2n) is 6.49. The number of ether oxygens (including phenoxy) is 1. The Morgan fingerprint density at radius 3 is 2.78 bits per heavy atom. The number of fused-ring (bicyclic) bond motifs is 2. The van der Waals surface area contributed by atoms with Gasteiger partial charge in [0.25, 0.3) is 5.56 Å². The Bertz CT molecular complexity index is 1240. The van der Waals surface area contributed by atoms with E-state index in [9.17, 15) is 9.59 Å². The molecule has 27 heavy (non-hydrogen) atoms. The molecule has 0 atom stereocenters. The van der Waals surface area contributed by atoms with Crippen LogP contribution >= 0.6 is 0 Å². The first-order valence-corrected chi connectivity index (χ1v) is 8.62. The van der Waals surface area contributed by atoms with Crippen LogP contribution in [0, 0.1) is 0 Å². The molecule has 4 aromatic rings. The predicted octanol–water partition coefficient (Wildman–Crippen LogP) is 3.18. The zero-order chi connectivity index (χ0) is 18.4. The molecule has 1 amide bonds. The van der Waals surface area contributed by atoms with Crippen molar-refractivity contribution in [3.05, 3.63) is 52.8 Å². The van der Waals surface area contributed by atoms with Gasteiger partial charge in [-0.15, -0.1) is 0 Å². The van der Waals surface area contributed by atoms with Gasteiger partial charge in [-0.3, -0.25) is 10.1 Å². The molecule has 0 bridgehead atoms. The number of hydrogen-bond acceptors (Lipinski definition) is 5. The summed E-state index contributed by atoms with van der Waals surface area (Å²) in [4.78, 5) is 31.2. The SMILES string of the molecule is O=C(Nc1nc2ccc(-c3n[nH]c(=O)c4ccccc34)cc2[nH]1)OC1CC1. The Balaban J connectivity index is 1.52. The van der Waals surface area contributed by atoms with E-state index in [-0.39, 0.29) is 11.7 Å². The molecule has 0 radical (unpaired) electrons. The lowest BCUT2D eigenvalue weighted by molar-refractivity contribution is 0.154. The zero-order valence-electron chi connectivity index (χ0n) is 14.2. The van der Waals surface area contributed by atoms with Crippen LogP contribution in [0.1, 0.15) is 12.8 Å². The van der Waals surface area contributed by atoms with Crippen LogP contribution in [0.4, 0.5) is 10.7 Å². The van der Waals surface area contributed by atoms with E-state index in [4.69, 9.17) is 4.74 Å². The molecule has 3 N–H and O–H groups in total. The maximum Gasteiger partial charge on any atom is 0.414 e. The standard InChI is InChI=1S/C19H15N5O3/c25-17-13-4-2-1-3-12(13)16(23-24-17)10-5-8-14-15(9-10)21-18(20-14)22-19(26)27-11-6-7-11/h1-5,8-9,11H,6-7H2,(H,24,25)(H2,20,21,22,26). The first-order chi connectivity index (χ1) is 13.2. The Hall–Kier alpha value is -3.68. The largest absolute Gasteiger partial charge is 0.446 e. The number of carbonyl (C=O) groups excluding carboxylic acids is 1. The summed E-state index contributed by atoms with van der Waals surface area (Å²) in [6, 6.07) is 12.9. The first-order valence-electron chi connectivity index (χ1n) is 8.62. The molecule has 2 heterocycles. The lowest BCUT2D eigenvalue weighted by Crippen LogP contribution is -2.15. The minimum atomic E-state index is -0.509. The van der Waals surface area contributed by atoms with Crippen molar-refractivity contribution in [1.82, 2.24) is 20.2 Å². The fourth-order valence-electron chi connectivity index (χ4n) is 3.01. The van der Waals surface area contributed by atoms with Gasteiger partial charge in [0, 0.05) is 10.9 Å². The topological polar surface area (TPSA) is 113 Å². The van der Waals surface area contributed by atoms with Crippen LogP contribution in [-0.2, 0) is 4.74 Å². The number of nitrogens with zero attached hydrogens (tertiary/aromatic N) is 2. The first kappa shape index (κ1) is 15.6. The molecule has 0 spiro atoms. The van der Waals surface area contributed by atoms with E-state index in [2.05, 4.69) is 25.5 Å². The summed E-state index contributed by atoms with van der Waals surface area (Å²) in [5.41, 5.74) is 2.72. The molecule has 1 aliphatic carbocycles. The van der Waals surface area contributed by atoms with E-state index >= 15 is 0 Å². The predicted molar refractivity (Wildman–Crippen MR) is 101 cm³/mol. The van der Waals surface area contributed by atoms with E-state index in [1.165, 1.54) is 0 Å². The van der Waals surface area contributed by atoms with Gasteiger partial charge in [0.05, 0.1) is 22.1 Å². The van der Waals surface area contributed by atoms with Crippen LogP contribution in [0.5, 0.6) is 0 Å². The number of anilines is 1. The molecule has 2 aromatic heterocycles. The fraction of sp³-hybridized carbons (Fsp3) is 0.158. The second kappa shape index (κ2) is 5.94. The number of nitrogens with one attached hydrogen (secondary N) is 3. The van der Waals surface area contributed by atoms with Crippen LogP contribution in [0.2, 0.25) is 0 Å². The summed E-state index contributed by atoms with van der Waals surface area (Å²) < 4.78 is 5.16. The number of amides is 1. The summed E-state index contributed by atoms with van der Waals surface area (Å²) in [7, 11) is 0. The number of rotatable bonds is 3. The van der Waals surface area contributed by atoms with E-state index < -0.39 is 6.09 Å². The van der Waals surface area contributed by atoms with Gasteiger partial charge in [-0.2, -0.15) is 5.10 Å². The van der Waals surface area contributed by atoms with Gasteiger partial charge >= 0.3 is 6.09 Å². The summed E-state index contributed by atoms with van der Waals surface area (Å²) in [5, 5.41) is 10.7. The van der Waals surface area contributed by atoms with E-state index in [1.54, 1.807) is 6.07 Å². The number of H-pyrrole nitrogens is 2. The fourth-order valence-corrected chi connectivity index (χ4v) is 3.01. The molecule has 0 unspecified atom stereocenters. The highest BCUT2D eigenvalue weighted by molar-refractivity contribution is 5.96. The van der Waals surface area contributed by atoms with Crippen molar-refractivity contribution >= 4 is 33.8 Å². The summed E-state index contributed by atoms with van der Waals surface area (Å²) in [6.45, 7) is 0. The molecular formula is C19H15N5O3. The molecule has 5 rings (SSSR count). The van der Waals surface area contributed by atoms with Crippen molar-refractivity contribution < 1.29 is 9.53 Å². The number of aromatic amines is 2. The van der Waals surface area contributed by atoms with Crippen LogP contribution in [0.15, 0.2) is 47.3 Å². The second-order valence-corrected chi connectivity index (χ2v) is 6.49. The van der Waals surface area contributed by atoms with Crippen LogP contribution in [0.3, 0.4) is 0 Å². The average Bonchev–Trinajstić information content (AvgIpc) is 3.38. The quantitative estimate of drug-likeness (QED) is 0.519. The third kappa shape index (κ3) is 2.91. The van der Waals surface area contributed by atoms with Crippen LogP contribution in [-0.4, -0.2) is 32.4 Å². The highest BCUT2D eigenvalue weighted by Crippen LogP contribution is 2.27. The Kier molecular flexibility index (Phi) is 3.43. The van der Waals surface area contributed by atoms with E-state index in [0.717, 1.165) is 29.3 Å². The molecule has 1 saturated carbocycles. The van der Waals surface area contributed by atoms with E-state index in [1.807, 2.05) is 36.4 Å². The number of benzene rings is 2. The third-order valence-electron chi connectivity index (χ3n) is 4.47. The monoisotopic (exact) mass is 361 g/mol. The molecule has 1 aliphatic rings. The summed E-state index contributed by atoms with van der Waals surface area (Å²) in [5.74, 6) is 0.326. The molecule has 134 valence electrons. The van der Waals surface area contributed by atoms with Gasteiger partial charge in [0.15, 0.2) is 0 Å². The van der Waals surface area contributed by atoms with Crippen LogP contribution in [0.25, 0.3) is 33.1 Å². The maximum atomic E-state index is 12.0. The maximum absolute atomic E-state index is 12.0. The minimum Gasteiger partial charge on any atom is -0.446 e. The average molecular weight is 361 g/mol. The van der Waals surface area contributed by atoms with Gasteiger partial charge in [-0.1, -0.05) is 24.3 Å². The number of aromatic nitrogens is 4. The molecule has 2 aromatic carbocycles. The van der Waals surface area contributed by atoms with Gasteiger partial charge in [0.1, 0.15) is 6.10 Å². The molecule has 8 nitrogen and oxygen atoms in total.